The Hall–Kier alpha value is -2.24. The van der Waals surface area contributed by atoms with Gasteiger partial charge in [0.15, 0.2) is 11.5 Å². The number of nitrogens with zero attached hydrogens (tertiary/aromatic N) is 1. The highest BCUT2D eigenvalue weighted by molar-refractivity contribution is 5.88. The zero-order valence-electron chi connectivity index (χ0n) is 14.3. The fraction of sp³-hybridized carbons (Fsp3) is 0.556. The molecule has 24 heavy (non-hydrogen) atoms. The minimum Gasteiger partial charge on any atom is -0.493 e. The lowest BCUT2D eigenvalue weighted by molar-refractivity contribution is -0.151. The Labute approximate surface area is 141 Å². The van der Waals surface area contributed by atoms with Crippen molar-refractivity contribution in [3.05, 3.63) is 23.3 Å². The van der Waals surface area contributed by atoms with Gasteiger partial charge in [-0.25, -0.2) is 4.79 Å². The van der Waals surface area contributed by atoms with Crippen LogP contribution in [-0.2, 0) is 20.7 Å². The molecule has 2 atom stereocenters. The lowest BCUT2D eigenvalue weighted by atomic mass is 9.86. The number of rotatable bonds is 4. The highest BCUT2D eigenvalue weighted by Crippen LogP contribution is 2.43. The largest absolute Gasteiger partial charge is 0.493 e. The Bertz CT molecular complexity index is 657. The van der Waals surface area contributed by atoms with Crippen LogP contribution in [0, 0.1) is 0 Å². The van der Waals surface area contributed by atoms with Gasteiger partial charge in [0.1, 0.15) is 6.04 Å². The van der Waals surface area contributed by atoms with E-state index >= 15 is 0 Å². The number of aryl methyl sites for hydroxylation is 1. The molecule has 0 bridgehead atoms. The van der Waals surface area contributed by atoms with E-state index in [4.69, 9.17) is 14.2 Å². The van der Waals surface area contributed by atoms with Gasteiger partial charge >= 0.3 is 5.97 Å². The average Bonchev–Trinajstić information content (AvgIpc) is 3.00. The Morgan fingerprint density at radius 3 is 2.46 bits per heavy atom. The van der Waals surface area contributed by atoms with Gasteiger partial charge in [0.25, 0.3) is 0 Å². The minimum atomic E-state index is -0.494. The van der Waals surface area contributed by atoms with Crippen molar-refractivity contribution in [2.24, 2.45) is 0 Å². The summed E-state index contributed by atoms with van der Waals surface area (Å²) in [6.07, 6.45) is 3.63. The Kier molecular flexibility index (Phi) is 4.64. The Morgan fingerprint density at radius 1 is 1.08 bits per heavy atom. The van der Waals surface area contributed by atoms with Crippen molar-refractivity contribution in [3.8, 4) is 11.5 Å². The highest BCUT2D eigenvalue weighted by Gasteiger charge is 2.42. The minimum absolute atomic E-state index is 0.0121. The van der Waals surface area contributed by atoms with E-state index < -0.39 is 6.04 Å². The number of likely N-dealkylation sites (tertiary alicyclic amines) is 1. The predicted octanol–water partition coefficient (Wildman–Crippen LogP) is 2.25. The molecule has 6 heteroatoms. The quantitative estimate of drug-likeness (QED) is 0.791. The van der Waals surface area contributed by atoms with Crippen molar-refractivity contribution in [1.82, 2.24) is 4.90 Å². The van der Waals surface area contributed by atoms with E-state index in [9.17, 15) is 9.59 Å². The zero-order chi connectivity index (χ0) is 17.3. The van der Waals surface area contributed by atoms with Crippen LogP contribution in [0.25, 0.3) is 0 Å². The molecule has 2 aliphatic rings. The van der Waals surface area contributed by atoms with Crippen LogP contribution in [0.5, 0.6) is 11.5 Å². The number of methoxy groups -OCH3 is 3. The van der Waals surface area contributed by atoms with Gasteiger partial charge in [0.2, 0.25) is 5.91 Å². The Morgan fingerprint density at radius 2 is 1.79 bits per heavy atom. The number of amides is 1. The first-order chi connectivity index (χ1) is 11.6. The fourth-order valence-electron chi connectivity index (χ4n) is 3.85. The third-order valence-electron chi connectivity index (χ3n) is 4.99. The molecule has 0 aromatic heterocycles. The van der Waals surface area contributed by atoms with Crippen LogP contribution in [0.15, 0.2) is 12.1 Å². The molecular formula is C18H23NO5. The SMILES string of the molecule is COC(=O)C1CCC(=O)N1C1CCCc2cc(OC)c(OC)cc21. The molecule has 3 rings (SSSR count). The normalized spacial score (nSPS) is 23.0. The van der Waals surface area contributed by atoms with Gasteiger partial charge in [-0.15, -0.1) is 0 Å². The third-order valence-corrected chi connectivity index (χ3v) is 4.99. The van der Waals surface area contributed by atoms with E-state index in [1.807, 2.05) is 12.1 Å². The third kappa shape index (κ3) is 2.70. The van der Waals surface area contributed by atoms with Crippen LogP contribution < -0.4 is 9.47 Å². The predicted molar refractivity (Wildman–Crippen MR) is 87.1 cm³/mol. The topological polar surface area (TPSA) is 65.1 Å². The molecule has 0 N–H and O–H groups in total. The maximum Gasteiger partial charge on any atom is 0.328 e. The van der Waals surface area contributed by atoms with Crippen LogP contribution in [0.3, 0.4) is 0 Å². The monoisotopic (exact) mass is 333 g/mol. The second kappa shape index (κ2) is 6.71. The van der Waals surface area contributed by atoms with Crippen molar-refractivity contribution < 1.29 is 23.8 Å². The van der Waals surface area contributed by atoms with Crippen LogP contribution in [-0.4, -0.2) is 44.1 Å². The average molecular weight is 333 g/mol. The molecule has 0 spiro atoms. The van der Waals surface area contributed by atoms with Gasteiger partial charge in [0, 0.05) is 6.42 Å². The molecule has 1 fully saturated rings. The van der Waals surface area contributed by atoms with E-state index in [-0.39, 0.29) is 17.9 Å². The molecule has 1 aromatic carbocycles. The number of hydrogen-bond acceptors (Lipinski definition) is 5. The molecular weight excluding hydrogens is 310 g/mol. The van der Waals surface area contributed by atoms with Gasteiger partial charge in [-0.05, 0) is 48.9 Å². The fourth-order valence-corrected chi connectivity index (χ4v) is 3.85. The first kappa shape index (κ1) is 16.6. The number of carbonyl (C=O) groups is 2. The highest BCUT2D eigenvalue weighted by atomic mass is 16.5. The molecule has 0 saturated carbocycles. The summed E-state index contributed by atoms with van der Waals surface area (Å²) < 4.78 is 15.7. The first-order valence-electron chi connectivity index (χ1n) is 8.24. The van der Waals surface area contributed by atoms with Gasteiger partial charge in [-0.2, -0.15) is 0 Å². The smallest absolute Gasteiger partial charge is 0.328 e. The Balaban J connectivity index is 2.02. The van der Waals surface area contributed by atoms with Crippen LogP contribution in [0.4, 0.5) is 0 Å². The molecule has 1 aliphatic heterocycles. The van der Waals surface area contributed by atoms with Gasteiger partial charge in [-0.3, -0.25) is 4.79 Å². The molecule has 0 radical (unpaired) electrons. The van der Waals surface area contributed by atoms with Crippen LogP contribution >= 0.6 is 0 Å². The summed E-state index contributed by atoms with van der Waals surface area (Å²) in [6.45, 7) is 0. The van der Waals surface area contributed by atoms with Crippen LogP contribution in [0.2, 0.25) is 0 Å². The van der Waals surface area contributed by atoms with Crippen molar-refractivity contribution in [3.63, 3.8) is 0 Å². The van der Waals surface area contributed by atoms with E-state index in [1.54, 1.807) is 19.1 Å². The molecule has 2 unspecified atom stereocenters. The van der Waals surface area contributed by atoms with Crippen molar-refractivity contribution in [2.75, 3.05) is 21.3 Å². The molecule has 130 valence electrons. The summed E-state index contributed by atoms with van der Waals surface area (Å²) in [6, 6.07) is 3.31. The molecule has 1 heterocycles. The summed E-state index contributed by atoms with van der Waals surface area (Å²) in [5, 5.41) is 0. The van der Waals surface area contributed by atoms with E-state index in [1.165, 1.54) is 7.11 Å². The van der Waals surface area contributed by atoms with Crippen molar-refractivity contribution in [1.29, 1.82) is 0 Å². The number of fused-ring (bicyclic) bond motifs is 1. The number of carbonyl (C=O) groups excluding carboxylic acids is 2. The lowest BCUT2D eigenvalue weighted by Crippen LogP contribution is -2.42. The van der Waals surface area contributed by atoms with Gasteiger partial charge < -0.3 is 19.1 Å². The standard InChI is InChI=1S/C18H23NO5/c1-22-15-9-11-5-4-6-13(12(11)10-16(15)23-2)19-14(18(21)24-3)7-8-17(19)20/h9-10,13-14H,4-8H2,1-3H3. The van der Waals surface area contributed by atoms with Gasteiger partial charge in [-0.1, -0.05) is 0 Å². The molecule has 1 aromatic rings. The van der Waals surface area contributed by atoms with E-state index in [0.717, 1.165) is 30.4 Å². The first-order valence-corrected chi connectivity index (χ1v) is 8.24. The number of ether oxygens (including phenoxy) is 3. The number of esters is 1. The number of hydrogen-bond donors (Lipinski definition) is 0. The second-order valence-corrected chi connectivity index (χ2v) is 6.19. The summed E-state index contributed by atoms with van der Waals surface area (Å²) in [7, 11) is 4.58. The van der Waals surface area contributed by atoms with E-state index in [0.29, 0.717) is 24.3 Å². The summed E-state index contributed by atoms with van der Waals surface area (Å²) >= 11 is 0. The molecule has 1 aliphatic carbocycles. The maximum atomic E-state index is 12.5. The molecule has 1 saturated heterocycles. The van der Waals surface area contributed by atoms with E-state index in [2.05, 4.69) is 0 Å². The maximum absolute atomic E-state index is 12.5. The summed E-state index contributed by atoms with van der Waals surface area (Å²) in [5.41, 5.74) is 2.19. The zero-order valence-corrected chi connectivity index (χ0v) is 14.3. The lowest BCUT2D eigenvalue weighted by Gasteiger charge is -2.36. The summed E-state index contributed by atoms with van der Waals surface area (Å²) in [5.74, 6) is 1.00. The molecule has 1 amide bonds. The number of benzene rings is 1. The van der Waals surface area contributed by atoms with Crippen molar-refractivity contribution in [2.45, 2.75) is 44.2 Å². The van der Waals surface area contributed by atoms with Gasteiger partial charge in [0.05, 0.1) is 27.4 Å². The second-order valence-electron chi connectivity index (χ2n) is 6.19. The van der Waals surface area contributed by atoms with Crippen molar-refractivity contribution >= 4 is 11.9 Å². The molecule has 6 nitrogen and oxygen atoms in total. The van der Waals surface area contributed by atoms with Crippen LogP contribution in [0.1, 0.15) is 42.9 Å². The summed E-state index contributed by atoms with van der Waals surface area (Å²) in [4.78, 5) is 26.3.